The molecule has 0 saturated heterocycles. The molecule has 1 unspecified atom stereocenters. The Balaban J connectivity index is 4.20. The van der Waals surface area contributed by atoms with E-state index in [9.17, 15) is 19.0 Å². The number of allylic oxidation sites excluding steroid dienone is 2. The number of nitrogens with zero attached hydrogens (tertiary/aromatic N) is 1. The highest BCUT2D eigenvalue weighted by molar-refractivity contribution is 7.47. The molecule has 0 aliphatic rings. The molecule has 0 spiro atoms. The van der Waals surface area contributed by atoms with Crippen molar-refractivity contribution in [2.45, 2.75) is 251 Å². The molecule has 10 heteroatoms. The molecule has 0 aromatic heterocycles. The second-order valence-electron chi connectivity index (χ2n) is 18.6. The van der Waals surface area contributed by atoms with Gasteiger partial charge in [-0.15, -0.1) is 0 Å². The van der Waals surface area contributed by atoms with Gasteiger partial charge in [-0.3, -0.25) is 18.6 Å². The van der Waals surface area contributed by atoms with E-state index >= 15 is 0 Å². The van der Waals surface area contributed by atoms with Crippen LogP contribution in [0.5, 0.6) is 0 Å². The lowest BCUT2D eigenvalue weighted by Gasteiger charge is -2.24. The number of quaternary nitrogens is 1. The minimum atomic E-state index is -4.37. The SMILES string of the molecule is CCCC/C=C/CCCCCCCCCCCC(=O)OC[C@H](COP(=O)(O)OCC[N+](C)(C)C)OC(=O)CCCCCCCCCCCCCCCCCCCCCCC. The van der Waals surface area contributed by atoms with Crippen molar-refractivity contribution < 1.29 is 42.1 Å². The zero-order valence-electron chi connectivity index (χ0n) is 40.2. The van der Waals surface area contributed by atoms with E-state index in [1.165, 1.54) is 180 Å². The molecule has 2 atom stereocenters. The lowest BCUT2D eigenvalue weighted by Crippen LogP contribution is -2.37. The molecule has 0 aliphatic carbocycles. The Morgan fingerprint density at radius 2 is 0.867 bits per heavy atom. The van der Waals surface area contributed by atoms with Gasteiger partial charge in [-0.25, -0.2) is 4.57 Å². The van der Waals surface area contributed by atoms with Crippen LogP contribution < -0.4 is 0 Å². The predicted octanol–water partition coefficient (Wildman–Crippen LogP) is 14.9. The highest BCUT2D eigenvalue weighted by atomic mass is 31.2. The van der Waals surface area contributed by atoms with E-state index in [1.807, 2.05) is 21.1 Å². The molecule has 0 saturated carbocycles. The minimum absolute atomic E-state index is 0.0350. The topological polar surface area (TPSA) is 108 Å². The average Bonchev–Trinajstić information content (AvgIpc) is 3.20. The first-order valence-electron chi connectivity index (χ1n) is 25.4. The highest BCUT2D eigenvalue weighted by Crippen LogP contribution is 2.43. The van der Waals surface area contributed by atoms with E-state index in [4.69, 9.17) is 18.5 Å². The molecule has 0 aromatic rings. The van der Waals surface area contributed by atoms with Crippen molar-refractivity contribution in [1.82, 2.24) is 0 Å². The largest absolute Gasteiger partial charge is 0.472 e. The second-order valence-corrected chi connectivity index (χ2v) is 20.0. The molecule has 0 aromatic carbocycles. The van der Waals surface area contributed by atoms with Crippen molar-refractivity contribution in [2.75, 3.05) is 47.5 Å². The van der Waals surface area contributed by atoms with E-state index in [1.54, 1.807) is 0 Å². The summed E-state index contributed by atoms with van der Waals surface area (Å²) in [7, 11) is 1.49. The summed E-state index contributed by atoms with van der Waals surface area (Å²) in [5.74, 6) is -0.786. The Bertz CT molecular complexity index is 1030. The van der Waals surface area contributed by atoms with Gasteiger partial charge in [0, 0.05) is 12.8 Å². The maximum absolute atomic E-state index is 12.7. The first-order chi connectivity index (χ1) is 29.0. The minimum Gasteiger partial charge on any atom is -0.462 e. The van der Waals surface area contributed by atoms with Crippen LogP contribution in [0.25, 0.3) is 0 Å². The fourth-order valence-corrected chi connectivity index (χ4v) is 8.03. The monoisotopic (exact) mass is 873 g/mol. The molecule has 0 rings (SSSR count). The Hall–Kier alpha value is -1.25. The van der Waals surface area contributed by atoms with Gasteiger partial charge < -0.3 is 18.9 Å². The number of carbonyl (C=O) groups is 2. The Kier molecular flexibility index (Phi) is 42.1. The number of phosphoric ester groups is 1. The van der Waals surface area contributed by atoms with Crippen molar-refractivity contribution in [3.8, 4) is 0 Å². The van der Waals surface area contributed by atoms with Gasteiger partial charge in [-0.05, 0) is 32.1 Å². The van der Waals surface area contributed by atoms with Gasteiger partial charge in [-0.2, -0.15) is 0 Å². The standard InChI is InChI=1S/C50H98NO8P/c1-6-8-10-12-14-16-18-20-22-23-24-25-26-27-29-31-33-35-37-39-41-43-50(53)59-48(47-58-60(54,55)57-45-44-51(3,4)5)46-56-49(52)42-40-38-36-34-32-30-28-21-19-17-15-13-11-9-7-2/h13,15,48H,6-12,14,16-47H2,1-5H3/p+1/b15-13+/t48-/m1/s1. The predicted molar refractivity (Wildman–Crippen MR) is 252 cm³/mol. The summed E-state index contributed by atoms with van der Waals surface area (Å²) < 4.78 is 34.4. The van der Waals surface area contributed by atoms with Gasteiger partial charge in [0.05, 0.1) is 27.7 Å². The van der Waals surface area contributed by atoms with E-state index < -0.39 is 26.5 Å². The molecule has 0 aliphatic heterocycles. The number of ether oxygens (including phenoxy) is 2. The Labute approximate surface area is 371 Å². The number of phosphoric acid groups is 1. The molecule has 0 amide bonds. The molecule has 356 valence electrons. The van der Waals surface area contributed by atoms with Crippen molar-refractivity contribution in [1.29, 1.82) is 0 Å². The summed E-state index contributed by atoms with van der Waals surface area (Å²) in [5, 5.41) is 0. The van der Waals surface area contributed by atoms with Crippen LogP contribution in [0.3, 0.4) is 0 Å². The lowest BCUT2D eigenvalue weighted by atomic mass is 10.0. The molecule has 60 heavy (non-hydrogen) atoms. The second kappa shape index (κ2) is 43.0. The number of carbonyl (C=O) groups excluding carboxylic acids is 2. The van der Waals surface area contributed by atoms with E-state index in [2.05, 4.69) is 26.0 Å². The summed E-state index contributed by atoms with van der Waals surface area (Å²) in [6.07, 6.45) is 46.9. The molecule has 0 heterocycles. The molecular weight excluding hydrogens is 774 g/mol. The third-order valence-electron chi connectivity index (χ3n) is 11.3. The van der Waals surface area contributed by atoms with Gasteiger partial charge in [0.2, 0.25) is 0 Å². The zero-order valence-corrected chi connectivity index (χ0v) is 41.1. The third-order valence-corrected chi connectivity index (χ3v) is 12.3. The van der Waals surface area contributed by atoms with E-state index in [-0.39, 0.29) is 25.6 Å². The fourth-order valence-electron chi connectivity index (χ4n) is 7.29. The van der Waals surface area contributed by atoms with Gasteiger partial charge in [0.1, 0.15) is 19.8 Å². The highest BCUT2D eigenvalue weighted by Gasteiger charge is 2.27. The maximum Gasteiger partial charge on any atom is 0.472 e. The summed E-state index contributed by atoms with van der Waals surface area (Å²) in [6.45, 7) is 4.44. The molecule has 9 nitrogen and oxygen atoms in total. The summed E-state index contributed by atoms with van der Waals surface area (Å²) >= 11 is 0. The number of hydrogen-bond donors (Lipinski definition) is 1. The summed E-state index contributed by atoms with van der Waals surface area (Å²) in [6, 6.07) is 0. The van der Waals surface area contributed by atoms with Gasteiger partial charge in [0.25, 0.3) is 0 Å². The molecule has 1 N–H and O–H groups in total. The average molecular weight is 873 g/mol. The van der Waals surface area contributed by atoms with Crippen molar-refractivity contribution in [3.63, 3.8) is 0 Å². The first-order valence-corrected chi connectivity index (χ1v) is 26.9. The summed E-state index contributed by atoms with van der Waals surface area (Å²) in [5.41, 5.74) is 0. The van der Waals surface area contributed by atoms with E-state index in [0.29, 0.717) is 23.9 Å². The quantitative estimate of drug-likeness (QED) is 0.0212. The number of unbranched alkanes of at least 4 members (excludes halogenated alkanes) is 31. The maximum atomic E-state index is 12.7. The summed E-state index contributed by atoms with van der Waals surface area (Å²) in [4.78, 5) is 35.5. The number of esters is 2. The number of rotatable bonds is 47. The van der Waals surface area contributed by atoms with Crippen LogP contribution in [0, 0.1) is 0 Å². The number of hydrogen-bond acceptors (Lipinski definition) is 7. The lowest BCUT2D eigenvalue weighted by molar-refractivity contribution is -0.870. The zero-order chi connectivity index (χ0) is 44.3. The van der Waals surface area contributed by atoms with Crippen LogP contribution in [0.2, 0.25) is 0 Å². The van der Waals surface area contributed by atoms with Crippen molar-refractivity contribution in [2.24, 2.45) is 0 Å². The Morgan fingerprint density at radius 1 is 0.500 bits per heavy atom. The van der Waals surface area contributed by atoms with Crippen LogP contribution in [0.4, 0.5) is 0 Å². The smallest absolute Gasteiger partial charge is 0.462 e. The normalized spacial score (nSPS) is 13.5. The molecular formula is C50H99NO8P+. The van der Waals surface area contributed by atoms with Gasteiger partial charge in [0.15, 0.2) is 6.10 Å². The first kappa shape index (κ1) is 58.8. The van der Waals surface area contributed by atoms with Crippen molar-refractivity contribution in [3.05, 3.63) is 12.2 Å². The Morgan fingerprint density at radius 3 is 1.28 bits per heavy atom. The van der Waals surface area contributed by atoms with Crippen molar-refractivity contribution >= 4 is 19.8 Å². The van der Waals surface area contributed by atoms with Crippen LogP contribution in [-0.2, 0) is 32.7 Å². The van der Waals surface area contributed by atoms with Crippen LogP contribution in [0.1, 0.15) is 245 Å². The van der Waals surface area contributed by atoms with Crippen LogP contribution in [-0.4, -0.2) is 74.9 Å². The van der Waals surface area contributed by atoms with Crippen LogP contribution in [0.15, 0.2) is 12.2 Å². The fraction of sp³-hybridized carbons (Fsp3) is 0.920. The van der Waals surface area contributed by atoms with Gasteiger partial charge >= 0.3 is 19.8 Å². The third kappa shape index (κ3) is 46.3. The molecule has 0 radical (unpaired) electrons. The molecule has 0 bridgehead atoms. The van der Waals surface area contributed by atoms with Gasteiger partial charge in [-0.1, -0.05) is 212 Å². The van der Waals surface area contributed by atoms with E-state index in [0.717, 1.165) is 32.1 Å². The van der Waals surface area contributed by atoms with Crippen LogP contribution >= 0.6 is 7.82 Å². The number of likely N-dealkylation sites (N-methyl/N-ethyl adjacent to an activating group) is 1. The molecule has 0 fully saturated rings.